The van der Waals surface area contributed by atoms with Gasteiger partial charge >= 0.3 is 0 Å². The van der Waals surface area contributed by atoms with Gasteiger partial charge < -0.3 is 9.47 Å². The van der Waals surface area contributed by atoms with E-state index in [0.717, 1.165) is 42.1 Å². The molecular formula is C30H51NO2. The van der Waals surface area contributed by atoms with Crippen molar-refractivity contribution in [1.29, 1.82) is 0 Å². The topological polar surface area (TPSA) is 30.5 Å². The Hall–Kier alpha value is -0.120. The molecule has 0 amide bonds. The van der Waals surface area contributed by atoms with Crippen LogP contribution in [0.1, 0.15) is 106 Å². The Bertz CT molecular complexity index is 744. The fraction of sp³-hybridized carbons (Fsp3) is 1.00. The minimum atomic E-state index is -0.0227. The van der Waals surface area contributed by atoms with Crippen molar-refractivity contribution in [3.8, 4) is 0 Å². The first-order chi connectivity index (χ1) is 15.7. The van der Waals surface area contributed by atoms with Gasteiger partial charge in [0.25, 0.3) is 0 Å². The van der Waals surface area contributed by atoms with E-state index in [0.29, 0.717) is 35.1 Å². The van der Waals surface area contributed by atoms with Crippen LogP contribution in [-0.4, -0.2) is 30.6 Å². The molecule has 33 heavy (non-hydrogen) atoms. The number of hydrogen-bond donors (Lipinski definition) is 1. The van der Waals surface area contributed by atoms with Gasteiger partial charge in [-0.05, 0) is 124 Å². The second-order valence-electron chi connectivity index (χ2n) is 14.4. The first-order valence-corrected chi connectivity index (χ1v) is 14.7. The molecule has 2 aliphatic heterocycles. The highest BCUT2D eigenvalue weighted by Crippen LogP contribution is 2.71. The highest BCUT2D eigenvalue weighted by molar-refractivity contribution is 5.16. The van der Waals surface area contributed by atoms with Crippen LogP contribution in [0.2, 0.25) is 0 Å². The van der Waals surface area contributed by atoms with Crippen molar-refractivity contribution in [3.63, 3.8) is 0 Å². The van der Waals surface area contributed by atoms with Gasteiger partial charge in [-0.25, -0.2) is 0 Å². The van der Waals surface area contributed by atoms with Crippen LogP contribution in [0.3, 0.4) is 0 Å². The van der Waals surface area contributed by atoms with Gasteiger partial charge in [-0.2, -0.15) is 0 Å². The van der Waals surface area contributed by atoms with E-state index in [2.05, 4.69) is 46.9 Å². The van der Waals surface area contributed by atoms with Crippen LogP contribution >= 0.6 is 0 Å². The fourth-order valence-electron chi connectivity index (χ4n) is 10.9. The van der Waals surface area contributed by atoms with E-state index in [-0.39, 0.29) is 5.72 Å². The van der Waals surface area contributed by atoms with E-state index >= 15 is 0 Å². The molecule has 0 aromatic carbocycles. The molecule has 4 saturated carbocycles. The zero-order valence-corrected chi connectivity index (χ0v) is 22.4. The Labute approximate surface area is 203 Å². The third-order valence-corrected chi connectivity index (χ3v) is 12.6. The Kier molecular flexibility index (Phi) is 5.60. The van der Waals surface area contributed by atoms with E-state index in [4.69, 9.17) is 9.47 Å². The SMILES string of the molecule is CC1CC[C@@]2(NC1)OC1CC3C4CCC5C[C@@H](OC(C)C)CC[C@]5(C)C4CC[C@]3(C)C1[C@@H]2C. The summed E-state index contributed by atoms with van der Waals surface area (Å²) in [4.78, 5) is 0. The van der Waals surface area contributed by atoms with Gasteiger partial charge in [0.05, 0.1) is 18.3 Å². The lowest BCUT2D eigenvalue weighted by molar-refractivity contribution is -0.149. The molecule has 7 unspecified atom stereocenters. The maximum atomic E-state index is 7.07. The molecule has 12 atom stereocenters. The number of rotatable bonds is 2. The molecule has 1 spiro atoms. The Morgan fingerprint density at radius 1 is 0.879 bits per heavy atom. The van der Waals surface area contributed by atoms with Gasteiger partial charge in [0.2, 0.25) is 0 Å². The molecule has 3 nitrogen and oxygen atoms in total. The molecule has 1 N–H and O–H groups in total. The number of ether oxygens (including phenoxy) is 2. The minimum Gasteiger partial charge on any atom is -0.376 e. The van der Waals surface area contributed by atoms with E-state index in [1.807, 2.05) is 0 Å². The summed E-state index contributed by atoms with van der Waals surface area (Å²) in [5.41, 5.74) is 1.01. The van der Waals surface area contributed by atoms with Gasteiger partial charge in [-0.15, -0.1) is 0 Å². The van der Waals surface area contributed by atoms with Gasteiger partial charge in [0.15, 0.2) is 0 Å². The Balaban J connectivity index is 1.20. The first-order valence-electron chi connectivity index (χ1n) is 14.7. The molecule has 6 rings (SSSR count). The molecule has 0 aromatic heterocycles. The molecule has 6 fully saturated rings. The monoisotopic (exact) mass is 457 g/mol. The zero-order chi connectivity index (χ0) is 23.2. The molecule has 2 saturated heterocycles. The van der Waals surface area contributed by atoms with Crippen molar-refractivity contribution in [2.75, 3.05) is 6.54 Å². The standard InChI is InChI=1S/C30H51NO2/c1-18(2)32-22-10-12-28(5)21(15-22)7-8-23-24(28)11-13-29(6)25(23)16-26-27(29)20(4)30(33-26)14-9-19(3)17-31-30/h18-27,31H,7-17H2,1-6H3/t19?,20-,21?,22-,23?,24?,25?,26?,27?,28-,29-,30+/m0/s1. The van der Waals surface area contributed by atoms with E-state index in [9.17, 15) is 0 Å². The molecule has 3 heteroatoms. The summed E-state index contributed by atoms with van der Waals surface area (Å²) >= 11 is 0. The Morgan fingerprint density at radius 3 is 2.39 bits per heavy atom. The van der Waals surface area contributed by atoms with Crippen LogP contribution in [-0.2, 0) is 9.47 Å². The van der Waals surface area contributed by atoms with E-state index in [1.165, 1.54) is 64.2 Å². The van der Waals surface area contributed by atoms with E-state index in [1.54, 1.807) is 0 Å². The van der Waals surface area contributed by atoms with Crippen LogP contribution in [0, 0.1) is 52.3 Å². The van der Waals surface area contributed by atoms with Crippen molar-refractivity contribution >= 4 is 0 Å². The van der Waals surface area contributed by atoms with Gasteiger partial charge in [0, 0.05) is 12.5 Å². The maximum Gasteiger partial charge on any atom is 0.122 e. The Morgan fingerprint density at radius 2 is 1.67 bits per heavy atom. The van der Waals surface area contributed by atoms with E-state index < -0.39 is 0 Å². The summed E-state index contributed by atoms with van der Waals surface area (Å²) in [7, 11) is 0. The number of piperidine rings is 1. The van der Waals surface area contributed by atoms with Gasteiger partial charge in [-0.1, -0.05) is 27.7 Å². The summed E-state index contributed by atoms with van der Waals surface area (Å²) in [6.07, 6.45) is 15.1. The van der Waals surface area contributed by atoms with Crippen molar-refractivity contribution in [3.05, 3.63) is 0 Å². The first kappa shape index (κ1) is 23.3. The molecule has 0 bridgehead atoms. The molecule has 6 aliphatic rings. The second-order valence-corrected chi connectivity index (χ2v) is 14.4. The number of fused-ring (bicyclic) bond motifs is 7. The van der Waals surface area contributed by atoms with Crippen molar-refractivity contribution in [2.24, 2.45) is 52.3 Å². The van der Waals surface area contributed by atoms with Crippen LogP contribution in [0.15, 0.2) is 0 Å². The van der Waals surface area contributed by atoms with Gasteiger partial charge in [0.1, 0.15) is 5.72 Å². The van der Waals surface area contributed by atoms with Gasteiger partial charge in [-0.3, -0.25) is 5.32 Å². The summed E-state index contributed by atoms with van der Waals surface area (Å²) < 4.78 is 13.4. The maximum absolute atomic E-state index is 7.07. The lowest BCUT2D eigenvalue weighted by atomic mass is 9.44. The predicted octanol–water partition coefficient (Wildman–Crippen LogP) is 6.80. The number of hydrogen-bond acceptors (Lipinski definition) is 3. The summed E-state index contributed by atoms with van der Waals surface area (Å²) in [5.74, 6) is 5.84. The van der Waals surface area contributed by atoms with Crippen LogP contribution in [0.5, 0.6) is 0 Å². The summed E-state index contributed by atoms with van der Waals surface area (Å²) in [5, 5.41) is 3.92. The zero-order valence-electron chi connectivity index (χ0n) is 22.4. The molecule has 0 radical (unpaired) electrons. The highest BCUT2D eigenvalue weighted by Gasteiger charge is 2.68. The van der Waals surface area contributed by atoms with Crippen LogP contribution in [0.25, 0.3) is 0 Å². The molecular weight excluding hydrogens is 406 g/mol. The third-order valence-electron chi connectivity index (χ3n) is 12.6. The van der Waals surface area contributed by atoms with Crippen LogP contribution < -0.4 is 5.32 Å². The smallest absolute Gasteiger partial charge is 0.122 e. The normalized spacial score (nSPS) is 58.1. The van der Waals surface area contributed by atoms with Crippen molar-refractivity contribution < 1.29 is 9.47 Å². The second kappa shape index (κ2) is 7.94. The largest absolute Gasteiger partial charge is 0.376 e. The summed E-state index contributed by atoms with van der Waals surface area (Å²) in [6, 6.07) is 0. The quantitative estimate of drug-likeness (QED) is 0.494. The van der Waals surface area contributed by atoms with Crippen molar-refractivity contribution in [2.45, 2.75) is 130 Å². The predicted molar refractivity (Wildman–Crippen MR) is 134 cm³/mol. The lowest BCUT2D eigenvalue weighted by Gasteiger charge is -2.61. The molecule has 0 aromatic rings. The fourth-order valence-corrected chi connectivity index (χ4v) is 10.9. The average Bonchev–Trinajstić information content (AvgIpc) is 3.21. The molecule has 2 heterocycles. The average molecular weight is 458 g/mol. The number of nitrogens with one attached hydrogen (secondary N) is 1. The molecule has 188 valence electrons. The third kappa shape index (κ3) is 3.37. The van der Waals surface area contributed by atoms with Crippen LogP contribution in [0.4, 0.5) is 0 Å². The minimum absolute atomic E-state index is 0.0227. The highest BCUT2D eigenvalue weighted by atomic mass is 16.5. The molecule has 4 aliphatic carbocycles. The summed E-state index contributed by atoms with van der Waals surface area (Å²) in [6.45, 7) is 15.9. The lowest BCUT2D eigenvalue weighted by Crippen LogP contribution is -2.57. The van der Waals surface area contributed by atoms with Crippen molar-refractivity contribution in [1.82, 2.24) is 5.32 Å².